The third-order valence-electron chi connectivity index (χ3n) is 1.87. The van der Waals surface area contributed by atoms with Crippen LogP contribution in [0.1, 0.15) is 12.5 Å². The van der Waals surface area contributed by atoms with Crippen molar-refractivity contribution in [2.75, 3.05) is 23.1 Å². The van der Waals surface area contributed by atoms with Crippen molar-refractivity contribution >= 4 is 34.6 Å². The summed E-state index contributed by atoms with van der Waals surface area (Å²) in [5.41, 5.74) is 1.01. The van der Waals surface area contributed by atoms with Crippen molar-refractivity contribution in [1.29, 1.82) is 0 Å². The molecular weight excluding hydrogens is 337 g/mol. The molecule has 94 valence electrons. The number of halogens is 1. The fourth-order valence-electron chi connectivity index (χ4n) is 0.977. The number of hydrogen-bond donors (Lipinski definition) is 1. The summed E-state index contributed by atoms with van der Waals surface area (Å²) in [5.74, 6) is 0.238. The number of carbonyl (C=O) groups excluding carboxylic acids is 1. The Hall–Kier alpha value is -0.960. The average molecular weight is 351 g/mol. The number of alkyl halides is 1. The van der Waals surface area contributed by atoms with Gasteiger partial charge in [0.15, 0.2) is 0 Å². The average Bonchev–Trinajstić information content (AvgIpc) is 2.36. The number of nitrogens with zero attached hydrogens (tertiary/aromatic N) is 2. The lowest BCUT2D eigenvalue weighted by Gasteiger charge is -2.05. The first kappa shape index (κ1) is 14.1. The molecule has 0 spiro atoms. The standard InChI is InChI=1S/C10H14IN3O3/c1-2-8-5-12-9(13-6-8)14-10(15)17-4-3-16-7-11/h5-6H,2-4,7H2,1H3,(H,12,13,14,15). The highest BCUT2D eigenvalue weighted by molar-refractivity contribution is 14.1. The van der Waals surface area contributed by atoms with Crippen LogP contribution in [-0.2, 0) is 15.9 Å². The summed E-state index contributed by atoms with van der Waals surface area (Å²) in [5, 5.41) is 2.43. The Balaban J connectivity index is 2.29. The smallest absolute Gasteiger partial charge is 0.414 e. The zero-order valence-corrected chi connectivity index (χ0v) is 11.6. The summed E-state index contributed by atoms with van der Waals surface area (Å²) in [7, 11) is 0. The lowest BCUT2D eigenvalue weighted by atomic mass is 10.3. The number of amides is 1. The molecule has 1 amide bonds. The van der Waals surface area contributed by atoms with Gasteiger partial charge in [-0.2, -0.15) is 0 Å². The highest BCUT2D eigenvalue weighted by Crippen LogP contribution is 2.01. The normalized spacial score (nSPS) is 10.0. The fourth-order valence-corrected chi connectivity index (χ4v) is 1.29. The second kappa shape index (κ2) is 8.18. The van der Waals surface area contributed by atoms with Crippen molar-refractivity contribution < 1.29 is 14.3 Å². The Kier molecular flexibility index (Phi) is 6.78. The maximum atomic E-state index is 11.3. The summed E-state index contributed by atoms with van der Waals surface area (Å²) in [6, 6.07) is 0. The zero-order valence-electron chi connectivity index (χ0n) is 9.48. The number of aryl methyl sites for hydroxylation is 1. The minimum absolute atomic E-state index is 0.210. The van der Waals surface area contributed by atoms with Gasteiger partial charge in [0.2, 0.25) is 5.95 Å². The van der Waals surface area contributed by atoms with E-state index in [9.17, 15) is 4.79 Å². The van der Waals surface area contributed by atoms with Crippen LogP contribution < -0.4 is 5.32 Å². The molecule has 17 heavy (non-hydrogen) atoms. The summed E-state index contributed by atoms with van der Waals surface area (Å²) in [6.07, 6.45) is 3.62. The Bertz CT molecular complexity index is 345. The topological polar surface area (TPSA) is 73.3 Å². The monoisotopic (exact) mass is 351 g/mol. The molecule has 1 aromatic heterocycles. The Labute approximate surface area is 113 Å². The van der Waals surface area contributed by atoms with Gasteiger partial charge in [-0.15, -0.1) is 0 Å². The van der Waals surface area contributed by atoms with Crippen LogP contribution >= 0.6 is 22.6 Å². The van der Waals surface area contributed by atoms with Crippen LogP contribution in [0.15, 0.2) is 12.4 Å². The lowest BCUT2D eigenvalue weighted by Crippen LogP contribution is -2.18. The number of carbonyl (C=O) groups is 1. The quantitative estimate of drug-likeness (QED) is 0.482. The number of hydrogen-bond acceptors (Lipinski definition) is 5. The molecule has 0 aliphatic heterocycles. The third-order valence-corrected chi connectivity index (χ3v) is 2.31. The SMILES string of the molecule is CCc1cnc(NC(=O)OCCOCI)nc1. The van der Waals surface area contributed by atoms with Crippen LogP contribution in [-0.4, -0.2) is 33.9 Å². The first-order chi connectivity index (χ1) is 8.26. The van der Waals surface area contributed by atoms with Crippen molar-refractivity contribution in [3.8, 4) is 0 Å². The molecule has 0 saturated carbocycles. The molecule has 0 unspecified atom stereocenters. The number of aromatic nitrogens is 2. The van der Waals surface area contributed by atoms with Gasteiger partial charge >= 0.3 is 6.09 Å². The van der Waals surface area contributed by atoms with Crippen LogP contribution in [0.3, 0.4) is 0 Å². The van der Waals surface area contributed by atoms with Gasteiger partial charge < -0.3 is 9.47 Å². The molecule has 1 rings (SSSR count). The number of anilines is 1. The predicted octanol–water partition coefficient (Wildman–Crippen LogP) is 2.00. The maximum absolute atomic E-state index is 11.3. The van der Waals surface area contributed by atoms with E-state index < -0.39 is 6.09 Å². The molecule has 0 bridgehead atoms. The number of ether oxygens (including phenoxy) is 2. The number of rotatable bonds is 6. The van der Waals surface area contributed by atoms with Crippen LogP contribution in [0, 0.1) is 0 Å². The maximum Gasteiger partial charge on any atom is 0.414 e. The summed E-state index contributed by atoms with van der Waals surface area (Å²) in [4.78, 5) is 19.2. The molecule has 1 N–H and O–H groups in total. The first-order valence-corrected chi connectivity index (χ1v) is 6.67. The second-order valence-corrected chi connectivity index (χ2v) is 3.67. The van der Waals surface area contributed by atoms with Gasteiger partial charge in [-0.05, 0) is 12.0 Å². The molecular formula is C10H14IN3O3. The summed E-state index contributed by atoms with van der Waals surface area (Å²) < 4.78 is 10.4. The van der Waals surface area contributed by atoms with Crippen LogP contribution in [0.4, 0.5) is 10.7 Å². The van der Waals surface area contributed by atoms with Crippen molar-refractivity contribution in [3.63, 3.8) is 0 Å². The van der Waals surface area contributed by atoms with Crippen molar-refractivity contribution in [3.05, 3.63) is 18.0 Å². The van der Waals surface area contributed by atoms with Gasteiger partial charge in [-0.25, -0.2) is 14.8 Å². The summed E-state index contributed by atoms with van der Waals surface area (Å²) in [6.45, 7) is 2.60. The third kappa shape index (κ3) is 5.78. The van der Waals surface area contributed by atoms with E-state index in [4.69, 9.17) is 9.47 Å². The number of nitrogens with one attached hydrogen (secondary N) is 1. The van der Waals surface area contributed by atoms with Gasteiger partial charge in [0.1, 0.15) is 6.61 Å². The van der Waals surface area contributed by atoms with E-state index in [1.54, 1.807) is 12.4 Å². The highest BCUT2D eigenvalue weighted by Gasteiger charge is 2.04. The second-order valence-electron chi connectivity index (χ2n) is 3.05. The van der Waals surface area contributed by atoms with E-state index in [1.807, 2.05) is 6.92 Å². The van der Waals surface area contributed by atoms with Crippen LogP contribution in [0.2, 0.25) is 0 Å². The van der Waals surface area contributed by atoms with Gasteiger partial charge in [-0.3, -0.25) is 5.32 Å². The molecule has 7 heteroatoms. The molecule has 0 aromatic carbocycles. The zero-order chi connectivity index (χ0) is 12.5. The Morgan fingerprint density at radius 3 is 2.71 bits per heavy atom. The molecule has 0 atom stereocenters. The van der Waals surface area contributed by atoms with Gasteiger partial charge in [0.25, 0.3) is 0 Å². The van der Waals surface area contributed by atoms with E-state index >= 15 is 0 Å². The van der Waals surface area contributed by atoms with Gasteiger partial charge in [0.05, 0.1) is 11.2 Å². The van der Waals surface area contributed by atoms with E-state index in [1.165, 1.54) is 0 Å². The molecule has 0 radical (unpaired) electrons. The largest absolute Gasteiger partial charge is 0.447 e. The van der Waals surface area contributed by atoms with E-state index in [0.29, 0.717) is 11.2 Å². The van der Waals surface area contributed by atoms with Crippen molar-refractivity contribution in [2.45, 2.75) is 13.3 Å². The van der Waals surface area contributed by atoms with E-state index in [0.717, 1.165) is 12.0 Å². The first-order valence-electron chi connectivity index (χ1n) is 5.14. The highest BCUT2D eigenvalue weighted by atomic mass is 127. The van der Waals surface area contributed by atoms with Gasteiger partial charge in [-0.1, -0.05) is 29.5 Å². The Morgan fingerprint density at radius 1 is 1.41 bits per heavy atom. The van der Waals surface area contributed by atoms with Crippen LogP contribution in [0.5, 0.6) is 0 Å². The summed E-state index contributed by atoms with van der Waals surface area (Å²) >= 11 is 2.07. The molecule has 1 heterocycles. The molecule has 1 aromatic rings. The van der Waals surface area contributed by atoms with Crippen molar-refractivity contribution in [2.24, 2.45) is 0 Å². The molecule has 0 fully saturated rings. The van der Waals surface area contributed by atoms with Crippen molar-refractivity contribution in [1.82, 2.24) is 9.97 Å². The van der Waals surface area contributed by atoms with Gasteiger partial charge in [0, 0.05) is 12.4 Å². The van der Waals surface area contributed by atoms with Crippen LogP contribution in [0.25, 0.3) is 0 Å². The predicted molar refractivity (Wildman–Crippen MR) is 71.2 cm³/mol. The lowest BCUT2D eigenvalue weighted by molar-refractivity contribution is 0.104. The fraction of sp³-hybridized carbons (Fsp3) is 0.500. The van der Waals surface area contributed by atoms with E-state index in [2.05, 4.69) is 37.9 Å². The minimum atomic E-state index is -0.577. The minimum Gasteiger partial charge on any atom is -0.447 e. The Morgan fingerprint density at radius 2 is 2.12 bits per heavy atom. The molecule has 0 saturated heterocycles. The molecule has 0 aliphatic carbocycles. The molecule has 6 nitrogen and oxygen atoms in total. The molecule has 0 aliphatic rings. The van der Waals surface area contributed by atoms with E-state index in [-0.39, 0.29) is 12.6 Å².